The molecule has 4 heteroatoms. The van der Waals surface area contributed by atoms with Crippen molar-refractivity contribution in [2.24, 2.45) is 7.05 Å². The summed E-state index contributed by atoms with van der Waals surface area (Å²) in [5, 5.41) is 5.02. The zero-order valence-corrected chi connectivity index (χ0v) is 8.94. The molecule has 78 valence electrons. The maximum absolute atomic E-state index is 11.4. The van der Waals surface area contributed by atoms with E-state index in [4.69, 9.17) is 4.74 Å². The summed E-state index contributed by atoms with van der Waals surface area (Å²) in [6, 6.07) is 5.59. The minimum absolute atomic E-state index is 0.0335. The lowest BCUT2D eigenvalue weighted by Gasteiger charge is -2.02. The average molecular weight is 204 g/mol. The van der Waals surface area contributed by atoms with Gasteiger partial charge < -0.3 is 4.74 Å². The van der Waals surface area contributed by atoms with Crippen molar-refractivity contribution in [3.63, 3.8) is 0 Å². The molecule has 0 spiro atoms. The molecule has 1 aromatic heterocycles. The fraction of sp³-hybridized carbons (Fsp3) is 0.273. The average Bonchev–Trinajstić information content (AvgIpc) is 2.56. The Bertz CT molecular complexity index is 529. The number of fused-ring (bicyclic) bond motifs is 1. The van der Waals surface area contributed by atoms with Crippen LogP contribution in [-0.4, -0.2) is 22.7 Å². The minimum atomic E-state index is -0.0335. The van der Waals surface area contributed by atoms with E-state index >= 15 is 0 Å². The van der Waals surface area contributed by atoms with E-state index in [0.29, 0.717) is 5.69 Å². The number of aryl methyl sites for hydroxylation is 1. The molecular weight excluding hydrogens is 192 g/mol. The highest BCUT2D eigenvalue weighted by Crippen LogP contribution is 2.27. The molecule has 0 bridgehead atoms. The third kappa shape index (κ3) is 1.38. The first kappa shape index (κ1) is 9.71. The number of benzene rings is 1. The third-order valence-corrected chi connectivity index (χ3v) is 2.38. The van der Waals surface area contributed by atoms with Crippen molar-refractivity contribution in [1.29, 1.82) is 0 Å². The number of Topliss-reactive ketones (excluding diaryl/α,β-unsaturated/α-hetero) is 1. The molecule has 0 atom stereocenters. The predicted molar refractivity (Wildman–Crippen MR) is 57.3 cm³/mol. The Kier molecular flexibility index (Phi) is 2.19. The highest BCUT2D eigenvalue weighted by atomic mass is 16.5. The van der Waals surface area contributed by atoms with Crippen LogP contribution in [0, 0.1) is 0 Å². The first-order valence-corrected chi connectivity index (χ1v) is 4.65. The molecule has 4 nitrogen and oxygen atoms in total. The van der Waals surface area contributed by atoms with Crippen LogP contribution in [-0.2, 0) is 7.05 Å². The van der Waals surface area contributed by atoms with E-state index in [1.54, 1.807) is 18.8 Å². The van der Waals surface area contributed by atoms with Gasteiger partial charge in [0.2, 0.25) is 0 Å². The van der Waals surface area contributed by atoms with Crippen molar-refractivity contribution < 1.29 is 9.53 Å². The molecule has 2 rings (SSSR count). The molecule has 0 amide bonds. The summed E-state index contributed by atoms with van der Waals surface area (Å²) < 4.78 is 6.90. The Morgan fingerprint density at radius 3 is 2.80 bits per heavy atom. The lowest BCUT2D eigenvalue weighted by atomic mass is 10.1. The van der Waals surface area contributed by atoms with Crippen molar-refractivity contribution in [3.05, 3.63) is 23.9 Å². The van der Waals surface area contributed by atoms with E-state index in [0.717, 1.165) is 16.7 Å². The maximum atomic E-state index is 11.4. The number of ketones is 1. The van der Waals surface area contributed by atoms with Gasteiger partial charge in [-0.1, -0.05) is 12.1 Å². The van der Waals surface area contributed by atoms with Gasteiger partial charge in [0.1, 0.15) is 17.0 Å². The van der Waals surface area contributed by atoms with Gasteiger partial charge >= 0.3 is 0 Å². The number of rotatable bonds is 2. The highest BCUT2D eigenvalue weighted by Gasteiger charge is 2.14. The van der Waals surface area contributed by atoms with Gasteiger partial charge in [0.05, 0.1) is 7.11 Å². The van der Waals surface area contributed by atoms with E-state index in [-0.39, 0.29) is 5.78 Å². The summed E-state index contributed by atoms with van der Waals surface area (Å²) in [5.74, 6) is 0.698. The summed E-state index contributed by atoms with van der Waals surface area (Å²) in [6.45, 7) is 1.52. The summed E-state index contributed by atoms with van der Waals surface area (Å²) in [6.07, 6.45) is 0. The van der Waals surface area contributed by atoms with Crippen LogP contribution in [0.25, 0.3) is 10.9 Å². The Morgan fingerprint density at radius 2 is 2.20 bits per heavy atom. The first-order chi connectivity index (χ1) is 7.15. The number of carbonyl (C=O) groups excluding carboxylic acids is 1. The topological polar surface area (TPSA) is 44.1 Å². The Hall–Kier alpha value is -1.84. The van der Waals surface area contributed by atoms with Gasteiger partial charge in [-0.2, -0.15) is 5.10 Å². The van der Waals surface area contributed by atoms with E-state index < -0.39 is 0 Å². The largest absolute Gasteiger partial charge is 0.494 e. The van der Waals surface area contributed by atoms with Gasteiger partial charge in [-0.3, -0.25) is 9.48 Å². The molecule has 1 heterocycles. The molecule has 0 aliphatic carbocycles. The van der Waals surface area contributed by atoms with E-state index in [2.05, 4.69) is 5.10 Å². The maximum Gasteiger partial charge on any atom is 0.180 e. The molecule has 2 aromatic rings. The number of aromatic nitrogens is 2. The van der Waals surface area contributed by atoms with Crippen LogP contribution in [0.5, 0.6) is 5.75 Å². The second kappa shape index (κ2) is 3.38. The van der Waals surface area contributed by atoms with Gasteiger partial charge in [-0.25, -0.2) is 0 Å². The van der Waals surface area contributed by atoms with Crippen LogP contribution < -0.4 is 4.74 Å². The molecule has 0 radical (unpaired) electrons. The second-order valence-electron chi connectivity index (χ2n) is 3.38. The Labute approximate surface area is 87.5 Å². The van der Waals surface area contributed by atoms with Gasteiger partial charge in [0, 0.05) is 19.4 Å². The van der Waals surface area contributed by atoms with Crippen molar-refractivity contribution in [1.82, 2.24) is 9.78 Å². The van der Waals surface area contributed by atoms with E-state index in [1.165, 1.54) is 6.92 Å². The van der Waals surface area contributed by atoms with Crippen LogP contribution in [0.1, 0.15) is 17.4 Å². The molecule has 1 aromatic carbocycles. The quantitative estimate of drug-likeness (QED) is 0.700. The van der Waals surface area contributed by atoms with Crippen molar-refractivity contribution in [2.75, 3.05) is 7.11 Å². The molecule has 0 aliphatic rings. The van der Waals surface area contributed by atoms with Crippen LogP contribution in [0.15, 0.2) is 18.2 Å². The molecular formula is C11H12N2O2. The lowest BCUT2D eigenvalue weighted by molar-refractivity contribution is 0.101. The van der Waals surface area contributed by atoms with Crippen LogP contribution in [0.2, 0.25) is 0 Å². The number of carbonyl (C=O) groups is 1. The van der Waals surface area contributed by atoms with Crippen molar-refractivity contribution in [3.8, 4) is 5.75 Å². The van der Waals surface area contributed by atoms with Gasteiger partial charge in [-0.05, 0) is 6.07 Å². The predicted octanol–water partition coefficient (Wildman–Crippen LogP) is 1.78. The molecule has 0 unspecified atom stereocenters. The SMILES string of the molecule is COc1cccc2c(C(C)=O)nn(C)c12. The van der Waals surface area contributed by atoms with Crippen molar-refractivity contribution in [2.45, 2.75) is 6.92 Å². The normalized spacial score (nSPS) is 10.6. The highest BCUT2D eigenvalue weighted by molar-refractivity contribution is 6.06. The Balaban J connectivity index is 2.85. The zero-order valence-electron chi connectivity index (χ0n) is 8.94. The van der Waals surface area contributed by atoms with Gasteiger partial charge in [0.15, 0.2) is 5.78 Å². The number of hydrogen-bond acceptors (Lipinski definition) is 3. The summed E-state index contributed by atoms with van der Waals surface area (Å²) in [7, 11) is 3.41. The number of ether oxygens (including phenoxy) is 1. The molecule has 0 fully saturated rings. The molecule has 0 saturated heterocycles. The monoisotopic (exact) mass is 204 g/mol. The lowest BCUT2D eigenvalue weighted by Crippen LogP contribution is -1.96. The van der Waals surface area contributed by atoms with Gasteiger partial charge in [-0.15, -0.1) is 0 Å². The standard InChI is InChI=1S/C11H12N2O2/c1-7(14)10-8-5-4-6-9(15-3)11(8)13(2)12-10/h4-6H,1-3H3. The number of hydrogen-bond donors (Lipinski definition) is 0. The summed E-state index contributed by atoms with van der Waals surface area (Å²) in [4.78, 5) is 11.4. The Morgan fingerprint density at radius 1 is 1.47 bits per heavy atom. The zero-order chi connectivity index (χ0) is 11.0. The summed E-state index contributed by atoms with van der Waals surface area (Å²) >= 11 is 0. The number of para-hydroxylation sites is 1. The fourth-order valence-corrected chi connectivity index (χ4v) is 1.73. The van der Waals surface area contributed by atoms with Gasteiger partial charge in [0.25, 0.3) is 0 Å². The number of methoxy groups -OCH3 is 1. The van der Waals surface area contributed by atoms with E-state index in [1.807, 2.05) is 18.2 Å². The van der Waals surface area contributed by atoms with Crippen LogP contribution in [0.4, 0.5) is 0 Å². The smallest absolute Gasteiger partial charge is 0.180 e. The minimum Gasteiger partial charge on any atom is -0.494 e. The third-order valence-electron chi connectivity index (χ3n) is 2.38. The van der Waals surface area contributed by atoms with E-state index in [9.17, 15) is 4.79 Å². The number of nitrogens with zero attached hydrogens (tertiary/aromatic N) is 2. The van der Waals surface area contributed by atoms with Crippen LogP contribution >= 0.6 is 0 Å². The summed E-state index contributed by atoms with van der Waals surface area (Å²) in [5.41, 5.74) is 1.34. The molecule has 0 aliphatic heterocycles. The first-order valence-electron chi connectivity index (χ1n) is 4.65. The second-order valence-corrected chi connectivity index (χ2v) is 3.38. The van der Waals surface area contributed by atoms with Crippen molar-refractivity contribution >= 4 is 16.7 Å². The molecule has 15 heavy (non-hydrogen) atoms. The molecule has 0 N–H and O–H groups in total. The fourth-order valence-electron chi connectivity index (χ4n) is 1.73. The molecule has 0 saturated carbocycles. The van der Waals surface area contributed by atoms with Crippen LogP contribution in [0.3, 0.4) is 0 Å².